The van der Waals surface area contributed by atoms with E-state index in [1.165, 1.54) is 11.0 Å². The fraction of sp³-hybridized carbons (Fsp3) is 0.353. The van der Waals surface area contributed by atoms with Gasteiger partial charge in [0.2, 0.25) is 0 Å². The summed E-state index contributed by atoms with van der Waals surface area (Å²) in [5.74, 6) is 0.237. The van der Waals surface area contributed by atoms with Crippen molar-refractivity contribution in [2.24, 2.45) is 0 Å². The summed E-state index contributed by atoms with van der Waals surface area (Å²) in [6.45, 7) is 3.67. The molecule has 23 heavy (non-hydrogen) atoms. The van der Waals surface area contributed by atoms with Gasteiger partial charge in [0.1, 0.15) is 5.75 Å². The lowest BCUT2D eigenvalue weighted by Gasteiger charge is -2.19. The molecule has 122 valence electrons. The molecule has 2 rings (SSSR count). The smallest absolute Gasteiger partial charge is 0.259 e. The fourth-order valence-corrected chi connectivity index (χ4v) is 2.29. The van der Waals surface area contributed by atoms with Crippen LogP contribution in [-0.2, 0) is 4.79 Å². The molecule has 0 aliphatic carbocycles. The molecule has 1 atom stereocenters. The second kappa shape index (κ2) is 7.09. The van der Waals surface area contributed by atoms with E-state index in [0.717, 1.165) is 11.4 Å². The summed E-state index contributed by atoms with van der Waals surface area (Å²) in [6.07, 6.45) is 1.70. The quantitative estimate of drug-likeness (QED) is 0.841. The molecule has 2 aromatic heterocycles. The minimum Gasteiger partial charge on any atom is -0.484 e. The van der Waals surface area contributed by atoms with E-state index in [1.54, 1.807) is 30.9 Å². The van der Waals surface area contributed by atoms with E-state index in [2.05, 4.69) is 4.98 Å². The molecule has 0 N–H and O–H groups in total. The van der Waals surface area contributed by atoms with Crippen LogP contribution in [0.1, 0.15) is 24.4 Å². The highest BCUT2D eigenvalue weighted by Crippen LogP contribution is 2.18. The summed E-state index contributed by atoms with van der Waals surface area (Å²) >= 11 is 0. The van der Waals surface area contributed by atoms with Crippen LogP contribution in [0.5, 0.6) is 5.75 Å². The molecule has 2 aromatic rings. The maximum atomic E-state index is 12.4. The minimum atomic E-state index is -0.185. The summed E-state index contributed by atoms with van der Waals surface area (Å²) in [6, 6.07) is 8.59. The largest absolute Gasteiger partial charge is 0.484 e. The number of ether oxygens (including phenoxy) is 1. The third kappa shape index (κ3) is 3.97. The third-order valence-electron chi connectivity index (χ3n) is 3.60. The molecule has 0 spiro atoms. The van der Waals surface area contributed by atoms with Gasteiger partial charge in [0.25, 0.3) is 11.5 Å². The number of pyridine rings is 2. The van der Waals surface area contributed by atoms with Crippen LogP contribution < -0.4 is 10.3 Å². The van der Waals surface area contributed by atoms with Crippen molar-refractivity contribution >= 4 is 5.91 Å². The summed E-state index contributed by atoms with van der Waals surface area (Å²) in [5.41, 5.74) is 1.38. The van der Waals surface area contributed by atoms with E-state index in [4.69, 9.17) is 4.74 Å². The van der Waals surface area contributed by atoms with Gasteiger partial charge in [-0.3, -0.25) is 14.6 Å². The zero-order chi connectivity index (χ0) is 17.0. The molecule has 6 heteroatoms. The Morgan fingerprint density at radius 3 is 2.65 bits per heavy atom. The molecule has 0 fully saturated rings. The molecule has 0 aliphatic rings. The van der Waals surface area contributed by atoms with Gasteiger partial charge in [-0.1, -0.05) is 6.07 Å². The van der Waals surface area contributed by atoms with E-state index in [1.807, 2.05) is 32.0 Å². The number of carbonyl (C=O) groups is 1. The predicted molar refractivity (Wildman–Crippen MR) is 87.7 cm³/mol. The molecular formula is C17H21N3O3. The van der Waals surface area contributed by atoms with Gasteiger partial charge in [-0.2, -0.15) is 0 Å². The number of rotatable bonds is 5. The summed E-state index contributed by atoms with van der Waals surface area (Å²) in [7, 11) is 3.31. The number of hydrogen-bond acceptors (Lipinski definition) is 4. The first kappa shape index (κ1) is 16.7. The number of likely N-dealkylation sites (N-methyl/N-ethyl adjacent to an activating group) is 1. The summed E-state index contributed by atoms with van der Waals surface area (Å²) in [4.78, 5) is 29.7. The molecular weight excluding hydrogens is 294 g/mol. The van der Waals surface area contributed by atoms with Gasteiger partial charge in [0, 0.05) is 32.1 Å². The maximum absolute atomic E-state index is 12.4. The topological polar surface area (TPSA) is 64.4 Å². The molecule has 1 unspecified atom stereocenters. The van der Waals surface area contributed by atoms with E-state index in [-0.39, 0.29) is 24.1 Å². The molecule has 0 aromatic carbocycles. The van der Waals surface area contributed by atoms with Gasteiger partial charge in [-0.15, -0.1) is 0 Å². The van der Waals surface area contributed by atoms with Crippen LogP contribution in [0.15, 0.2) is 41.3 Å². The monoisotopic (exact) mass is 315 g/mol. The molecule has 6 nitrogen and oxygen atoms in total. The van der Waals surface area contributed by atoms with Crippen LogP contribution in [0.3, 0.4) is 0 Å². The van der Waals surface area contributed by atoms with E-state index in [0.29, 0.717) is 5.75 Å². The van der Waals surface area contributed by atoms with Crippen molar-refractivity contribution in [3.05, 3.63) is 58.3 Å². The molecule has 2 heterocycles. The highest BCUT2D eigenvalue weighted by Gasteiger charge is 2.14. The average molecular weight is 315 g/mol. The number of aromatic nitrogens is 2. The molecule has 1 amide bonds. The van der Waals surface area contributed by atoms with Crippen LogP contribution in [0.2, 0.25) is 0 Å². The molecule has 0 saturated heterocycles. The number of hydrogen-bond donors (Lipinski definition) is 0. The second-order valence-corrected chi connectivity index (χ2v) is 5.55. The SMILES string of the molecule is Cc1cc(OCC(=O)N(C)C)cc(=O)n1C(C)c1ccccn1. The lowest BCUT2D eigenvalue weighted by Crippen LogP contribution is -2.29. The standard InChI is InChI=1S/C17H21N3O3/c1-12-9-14(23-11-17(22)19(3)4)10-16(21)20(12)13(2)15-7-5-6-8-18-15/h5-10,13H,11H2,1-4H3. The minimum absolute atomic E-state index is 0.0916. The Hall–Kier alpha value is -2.63. The van der Waals surface area contributed by atoms with Crippen molar-refractivity contribution < 1.29 is 9.53 Å². The first-order chi connectivity index (χ1) is 10.9. The fourth-order valence-electron chi connectivity index (χ4n) is 2.29. The van der Waals surface area contributed by atoms with E-state index in [9.17, 15) is 9.59 Å². The Kier molecular flexibility index (Phi) is 5.16. The van der Waals surface area contributed by atoms with Crippen molar-refractivity contribution in [1.82, 2.24) is 14.5 Å². The van der Waals surface area contributed by atoms with Crippen molar-refractivity contribution in [2.75, 3.05) is 20.7 Å². The van der Waals surface area contributed by atoms with Crippen LogP contribution >= 0.6 is 0 Å². The van der Waals surface area contributed by atoms with Crippen LogP contribution in [0.4, 0.5) is 0 Å². The van der Waals surface area contributed by atoms with Crippen molar-refractivity contribution in [3.8, 4) is 5.75 Å². The van der Waals surface area contributed by atoms with Crippen LogP contribution in [0.25, 0.3) is 0 Å². The molecule has 0 aliphatic heterocycles. The number of nitrogens with zero attached hydrogens (tertiary/aromatic N) is 3. The summed E-state index contributed by atoms with van der Waals surface area (Å²) in [5, 5.41) is 0. The van der Waals surface area contributed by atoms with E-state index < -0.39 is 0 Å². The van der Waals surface area contributed by atoms with Crippen LogP contribution in [-0.4, -0.2) is 41.1 Å². The zero-order valence-electron chi connectivity index (χ0n) is 13.8. The third-order valence-corrected chi connectivity index (χ3v) is 3.60. The van der Waals surface area contributed by atoms with Gasteiger partial charge in [-0.05, 0) is 32.0 Å². The van der Waals surface area contributed by atoms with Crippen molar-refractivity contribution in [1.29, 1.82) is 0 Å². The molecule has 0 bridgehead atoms. The average Bonchev–Trinajstić information content (AvgIpc) is 2.52. The normalized spacial score (nSPS) is 11.8. The maximum Gasteiger partial charge on any atom is 0.259 e. The highest BCUT2D eigenvalue weighted by atomic mass is 16.5. The first-order valence-electron chi connectivity index (χ1n) is 7.37. The van der Waals surface area contributed by atoms with Gasteiger partial charge in [-0.25, -0.2) is 0 Å². The number of amides is 1. The van der Waals surface area contributed by atoms with Crippen molar-refractivity contribution in [2.45, 2.75) is 19.9 Å². The Morgan fingerprint density at radius 1 is 1.35 bits per heavy atom. The van der Waals surface area contributed by atoms with Gasteiger partial charge in [0.05, 0.1) is 11.7 Å². The van der Waals surface area contributed by atoms with Gasteiger partial charge >= 0.3 is 0 Å². The van der Waals surface area contributed by atoms with Crippen LogP contribution in [0, 0.1) is 6.92 Å². The zero-order valence-corrected chi connectivity index (χ0v) is 13.8. The first-order valence-corrected chi connectivity index (χ1v) is 7.37. The van der Waals surface area contributed by atoms with E-state index >= 15 is 0 Å². The van der Waals surface area contributed by atoms with Crippen molar-refractivity contribution in [3.63, 3.8) is 0 Å². The number of aryl methyl sites for hydroxylation is 1. The number of carbonyl (C=O) groups excluding carboxylic acids is 1. The Balaban J connectivity index is 2.24. The molecule has 0 radical (unpaired) electrons. The Labute approximate surface area is 135 Å². The highest BCUT2D eigenvalue weighted by molar-refractivity contribution is 5.77. The summed E-state index contributed by atoms with van der Waals surface area (Å²) < 4.78 is 7.07. The lowest BCUT2D eigenvalue weighted by atomic mass is 10.2. The van der Waals surface area contributed by atoms with Gasteiger partial charge < -0.3 is 14.2 Å². The predicted octanol–water partition coefficient (Wildman–Crippen LogP) is 1.63. The lowest BCUT2D eigenvalue weighted by molar-refractivity contribution is -0.130. The molecule has 0 saturated carbocycles. The Bertz CT molecular complexity index is 738. The second-order valence-electron chi connectivity index (χ2n) is 5.55. The Morgan fingerprint density at radius 2 is 2.09 bits per heavy atom. The van der Waals surface area contributed by atoms with Gasteiger partial charge in [0.15, 0.2) is 6.61 Å².